The lowest BCUT2D eigenvalue weighted by Crippen LogP contribution is -2.46. The van der Waals surface area contributed by atoms with Gasteiger partial charge in [0.2, 0.25) is 5.91 Å². The third-order valence-electron chi connectivity index (χ3n) is 4.76. The average Bonchev–Trinajstić information content (AvgIpc) is 2.49. The van der Waals surface area contributed by atoms with Crippen LogP contribution in [0.3, 0.4) is 0 Å². The molecule has 0 bridgehead atoms. The van der Waals surface area contributed by atoms with E-state index in [1.807, 2.05) is 24.3 Å². The third-order valence-corrected chi connectivity index (χ3v) is 5.13. The SMILES string of the molecule is CC(CC(=O)NC(C)(C)Cc1ccccc1Cl)C1CCNCC1. The Morgan fingerprint density at radius 2 is 2.00 bits per heavy atom. The number of amides is 1. The second-order valence-corrected chi connectivity index (χ2v) is 7.88. The van der Waals surface area contributed by atoms with Gasteiger partial charge in [0.25, 0.3) is 0 Å². The number of nitrogens with one attached hydrogen (secondary N) is 2. The zero-order chi connectivity index (χ0) is 16.9. The Bertz CT molecular complexity index is 524. The summed E-state index contributed by atoms with van der Waals surface area (Å²) in [6.07, 6.45) is 3.70. The molecule has 1 aliphatic heterocycles. The fourth-order valence-corrected chi connectivity index (χ4v) is 3.67. The predicted molar refractivity (Wildman–Crippen MR) is 96.8 cm³/mol. The smallest absolute Gasteiger partial charge is 0.220 e. The summed E-state index contributed by atoms with van der Waals surface area (Å²) in [5, 5.41) is 7.33. The molecule has 4 heteroatoms. The highest BCUT2D eigenvalue weighted by atomic mass is 35.5. The van der Waals surface area contributed by atoms with E-state index in [0.29, 0.717) is 18.3 Å². The molecular formula is C19H29ClN2O. The number of hydrogen-bond donors (Lipinski definition) is 2. The van der Waals surface area contributed by atoms with Crippen molar-refractivity contribution in [2.75, 3.05) is 13.1 Å². The van der Waals surface area contributed by atoms with Gasteiger partial charge >= 0.3 is 0 Å². The van der Waals surface area contributed by atoms with Crippen molar-refractivity contribution in [2.24, 2.45) is 11.8 Å². The summed E-state index contributed by atoms with van der Waals surface area (Å²) in [6.45, 7) is 8.48. The molecule has 1 saturated heterocycles. The third kappa shape index (κ3) is 5.82. The lowest BCUT2D eigenvalue weighted by molar-refractivity contribution is -0.123. The highest BCUT2D eigenvalue weighted by molar-refractivity contribution is 6.31. The van der Waals surface area contributed by atoms with Gasteiger partial charge in [-0.05, 0) is 69.7 Å². The van der Waals surface area contributed by atoms with E-state index in [2.05, 4.69) is 31.4 Å². The molecule has 2 N–H and O–H groups in total. The standard InChI is InChI=1S/C19H29ClN2O/c1-14(15-8-10-21-11-9-15)12-18(23)22-19(2,3)13-16-6-4-5-7-17(16)20/h4-7,14-15,21H,8-13H2,1-3H3,(H,22,23). The van der Waals surface area contributed by atoms with Crippen molar-refractivity contribution in [3.05, 3.63) is 34.9 Å². The van der Waals surface area contributed by atoms with Gasteiger partial charge in [-0.1, -0.05) is 36.7 Å². The zero-order valence-electron chi connectivity index (χ0n) is 14.5. The van der Waals surface area contributed by atoms with Gasteiger partial charge in [0.15, 0.2) is 0 Å². The quantitative estimate of drug-likeness (QED) is 0.829. The van der Waals surface area contributed by atoms with Crippen LogP contribution in [-0.2, 0) is 11.2 Å². The van der Waals surface area contributed by atoms with Crippen molar-refractivity contribution in [1.82, 2.24) is 10.6 Å². The first-order chi connectivity index (χ1) is 10.9. The fourth-order valence-electron chi connectivity index (χ4n) is 3.46. The van der Waals surface area contributed by atoms with Crippen LogP contribution in [0.2, 0.25) is 5.02 Å². The normalized spacial score (nSPS) is 17.7. The van der Waals surface area contributed by atoms with E-state index in [-0.39, 0.29) is 11.4 Å². The Morgan fingerprint density at radius 1 is 1.35 bits per heavy atom. The van der Waals surface area contributed by atoms with E-state index in [1.165, 1.54) is 12.8 Å². The number of halogens is 1. The van der Waals surface area contributed by atoms with Gasteiger partial charge in [0, 0.05) is 17.0 Å². The molecule has 1 amide bonds. The van der Waals surface area contributed by atoms with Gasteiger partial charge in [-0.25, -0.2) is 0 Å². The maximum atomic E-state index is 12.4. The summed E-state index contributed by atoms with van der Waals surface area (Å²) in [5.74, 6) is 1.25. The van der Waals surface area contributed by atoms with Crippen LogP contribution in [0.15, 0.2) is 24.3 Å². The fraction of sp³-hybridized carbons (Fsp3) is 0.632. The molecule has 1 atom stereocenters. The van der Waals surface area contributed by atoms with Crippen LogP contribution in [0.1, 0.15) is 45.6 Å². The average molecular weight is 337 g/mol. The highest BCUT2D eigenvalue weighted by Crippen LogP contribution is 2.25. The number of hydrogen-bond acceptors (Lipinski definition) is 2. The second-order valence-electron chi connectivity index (χ2n) is 7.47. The molecule has 1 unspecified atom stereocenters. The largest absolute Gasteiger partial charge is 0.351 e. The second kappa shape index (κ2) is 8.16. The molecule has 1 aromatic carbocycles. The van der Waals surface area contributed by atoms with Crippen LogP contribution in [0.5, 0.6) is 0 Å². The van der Waals surface area contributed by atoms with Gasteiger partial charge < -0.3 is 10.6 Å². The molecule has 0 radical (unpaired) electrons. The Balaban J connectivity index is 1.86. The molecular weight excluding hydrogens is 308 g/mol. The van der Waals surface area contributed by atoms with Gasteiger partial charge in [0.05, 0.1) is 0 Å². The number of carbonyl (C=O) groups excluding carboxylic acids is 1. The van der Waals surface area contributed by atoms with Gasteiger partial charge in [-0.15, -0.1) is 0 Å². The van der Waals surface area contributed by atoms with E-state index >= 15 is 0 Å². The monoisotopic (exact) mass is 336 g/mol. The first-order valence-corrected chi connectivity index (χ1v) is 9.00. The van der Waals surface area contributed by atoms with E-state index < -0.39 is 0 Å². The van der Waals surface area contributed by atoms with Crippen molar-refractivity contribution in [3.63, 3.8) is 0 Å². The predicted octanol–water partition coefficient (Wildman–Crippen LogP) is 3.80. The maximum Gasteiger partial charge on any atom is 0.220 e. The maximum absolute atomic E-state index is 12.4. The Hall–Kier alpha value is -1.06. The van der Waals surface area contributed by atoms with Crippen LogP contribution in [-0.4, -0.2) is 24.5 Å². The van der Waals surface area contributed by atoms with Crippen LogP contribution < -0.4 is 10.6 Å². The molecule has 128 valence electrons. The molecule has 23 heavy (non-hydrogen) atoms. The van der Waals surface area contributed by atoms with Gasteiger partial charge in [-0.2, -0.15) is 0 Å². The molecule has 3 nitrogen and oxygen atoms in total. The Morgan fingerprint density at radius 3 is 2.65 bits per heavy atom. The van der Waals surface area contributed by atoms with Crippen molar-refractivity contribution >= 4 is 17.5 Å². The van der Waals surface area contributed by atoms with Crippen molar-refractivity contribution in [2.45, 2.75) is 52.0 Å². The minimum Gasteiger partial charge on any atom is -0.351 e. The summed E-state index contributed by atoms with van der Waals surface area (Å²) < 4.78 is 0. The number of carbonyl (C=O) groups is 1. The first-order valence-electron chi connectivity index (χ1n) is 8.62. The molecule has 0 spiro atoms. The van der Waals surface area contributed by atoms with Gasteiger partial charge in [-0.3, -0.25) is 4.79 Å². The molecule has 0 aliphatic carbocycles. The van der Waals surface area contributed by atoms with Crippen LogP contribution in [0, 0.1) is 11.8 Å². The summed E-state index contributed by atoms with van der Waals surface area (Å²) in [5.41, 5.74) is 0.779. The minimum atomic E-state index is -0.296. The van der Waals surface area contributed by atoms with E-state index in [1.54, 1.807) is 0 Å². The van der Waals surface area contributed by atoms with Crippen molar-refractivity contribution in [3.8, 4) is 0 Å². The summed E-state index contributed by atoms with van der Waals surface area (Å²) in [7, 11) is 0. The lowest BCUT2D eigenvalue weighted by Gasteiger charge is -2.30. The van der Waals surface area contributed by atoms with E-state index in [9.17, 15) is 4.79 Å². The molecule has 1 aliphatic rings. The zero-order valence-corrected chi connectivity index (χ0v) is 15.2. The van der Waals surface area contributed by atoms with E-state index in [4.69, 9.17) is 11.6 Å². The molecule has 2 rings (SSSR count). The summed E-state index contributed by atoms with van der Waals surface area (Å²) >= 11 is 6.23. The lowest BCUT2D eigenvalue weighted by atomic mass is 9.83. The number of rotatable bonds is 6. The topological polar surface area (TPSA) is 41.1 Å². The molecule has 0 aromatic heterocycles. The summed E-state index contributed by atoms with van der Waals surface area (Å²) in [4.78, 5) is 12.4. The molecule has 0 saturated carbocycles. The number of piperidine rings is 1. The summed E-state index contributed by atoms with van der Waals surface area (Å²) in [6, 6.07) is 7.83. The highest BCUT2D eigenvalue weighted by Gasteiger charge is 2.26. The Labute approximate surface area is 145 Å². The molecule has 1 fully saturated rings. The van der Waals surface area contributed by atoms with Crippen LogP contribution in [0.4, 0.5) is 0 Å². The molecule has 1 heterocycles. The van der Waals surface area contributed by atoms with Crippen LogP contribution in [0.25, 0.3) is 0 Å². The van der Waals surface area contributed by atoms with Crippen molar-refractivity contribution < 1.29 is 4.79 Å². The minimum absolute atomic E-state index is 0.146. The van der Waals surface area contributed by atoms with Gasteiger partial charge in [0.1, 0.15) is 0 Å². The Kier molecular flexibility index (Phi) is 6.49. The number of benzene rings is 1. The van der Waals surface area contributed by atoms with E-state index in [0.717, 1.165) is 30.1 Å². The van der Waals surface area contributed by atoms with Crippen molar-refractivity contribution in [1.29, 1.82) is 0 Å². The van der Waals surface area contributed by atoms with Crippen LogP contribution >= 0.6 is 11.6 Å². The first kappa shape index (κ1) is 18.3. The molecule has 1 aromatic rings.